The zero-order valence-electron chi connectivity index (χ0n) is 29.3. The van der Waals surface area contributed by atoms with Crippen molar-refractivity contribution >= 4 is 45.4 Å². The summed E-state index contributed by atoms with van der Waals surface area (Å²) in [4.78, 5) is 31.7. The number of carbonyl (C=O) groups is 1. The lowest BCUT2D eigenvalue weighted by Gasteiger charge is -2.24. The maximum absolute atomic E-state index is 13.5. The van der Waals surface area contributed by atoms with Gasteiger partial charge in [0, 0.05) is 17.3 Å². The van der Waals surface area contributed by atoms with Gasteiger partial charge in [0.15, 0.2) is 22.4 Å². The molecule has 0 saturated heterocycles. The zero-order chi connectivity index (χ0) is 34.0. The molecule has 0 aliphatic rings. The van der Waals surface area contributed by atoms with Gasteiger partial charge in [0.25, 0.3) is 11.9 Å². The number of benzene rings is 3. The molecule has 46 heavy (non-hydrogen) atoms. The van der Waals surface area contributed by atoms with E-state index < -0.39 is 5.91 Å². The summed E-state index contributed by atoms with van der Waals surface area (Å²) in [6.45, 7) is 25.7. The number of hydrogen-bond acceptors (Lipinski definition) is 6. The van der Waals surface area contributed by atoms with Crippen LogP contribution in [-0.2, 0) is 21.7 Å². The molecule has 2 aromatic heterocycles. The van der Waals surface area contributed by atoms with E-state index >= 15 is 0 Å². The quantitative estimate of drug-likeness (QED) is 0.207. The number of nitrogens with one attached hydrogen (secondary N) is 2. The molecule has 7 heteroatoms. The lowest BCUT2D eigenvalue weighted by Crippen LogP contribution is -2.17. The van der Waals surface area contributed by atoms with Crippen molar-refractivity contribution in [2.75, 3.05) is 10.6 Å². The van der Waals surface area contributed by atoms with Crippen LogP contribution in [0.5, 0.6) is 0 Å². The molecular weight excluding hydrogens is 574 g/mol. The van der Waals surface area contributed by atoms with E-state index in [2.05, 4.69) is 106 Å². The van der Waals surface area contributed by atoms with E-state index in [1.807, 2.05) is 36.4 Å². The Morgan fingerprint density at radius 3 is 1.80 bits per heavy atom. The number of oxazole rings is 1. The van der Waals surface area contributed by atoms with Gasteiger partial charge in [0.05, 0.1) is 11.1 Å². The van der Waals surface area contributed by atoms with E-state index in [-0.39, 0.29) is 44.4 Å². The molecule has 0 spiro atoms. The van der Waals surface area contributed by atoms with Gasteiger partial charge in [-0.05, 0) is 68.7 Å². The Labute approximate surface area is 271 Å². The Morgan fingerprint density at radius 2 is 1.24 bits per heavy atom. The van der Waals surface area contributed by atoms with Crippen LogP contribution in [0.25, 0.3) is 22.1 Å². The van der Waals surface area contributed by atoms with Crippen LogP contribution in [0.3, 0.4) is 0 Å². The summed E-state index contributed by atoms with van der Waals surface area (Å²) in [6, 6.07) is 17.2. The smallest absolute Gasteiger partial charge is 0.300 e. The van der Waals surface area contributed by atoms with Crippen LogP contribution in [0.4, 0.5) is 17.4 Å². The molecule has 2 heterocycles. The predicted octanol–water partition coefficient (Wildman–Crippen LogP) is 10.1. The Hall–Kier alpha value is -4.39. The second-order valence-corrected chi connectivity index (χ2v) is 16.4. The molecule has 242 valence electrons. The molecular formula is C39H47N3O4. The largest absolute Gasteiger partial charge is 0.448 e. The molecule has 0 unspecified atom stereocenters. The molecule has 7 nitrogen and oxygen atoms in total. The van der Waals surface area contributed by atoms with Crippen LogP contribution < -0.4 is 16.1 Å². The zero-order valence-corrected chi connectivity index (χ0v) is 29.3. The fourth-order valence-corrected chi connectivity index (χ4v) is 5.33. The van der Waals surface area contributed by atoms with Crippen molar-refractivity contribution in [2.45, 2.75) is 105 Å². The SMILES string of the molecule is CC(C)(C)c1ccc(NC(=O)c2cc(=O)c3cc(C(C)(C)C)cc(Nc4nc5cc(C(C)(C)C)cc(C(C)(C)C)c5o4)c3o2)cc1. The van der Waals surface area contributed by atoms with Crippen LogP contribution in [0.15, 0.2) is 68.2 Å². The molecule has 0 saturated carbocycles. The van der Waals surface area contributed by atoms with Crippen molar-refractivity contribution in [1.82, 2.24) is 4.98 Å². The van der Waals surface area contributed by atoms with Crippen LogP contribution in [0.1, 0.15) is 116 Å². The Kier molecular flexibility index (Phi) is 7.99. The van der Waals surface area contributed by atoms with Crippen molar-refractivity contribution in [1.29, 1.82) is 0 Å². The molecule has 0 aliphatic carbocycles. The average molecular weight is 622 g/mol. The molecule has 0 fully saturated rings. The van der Waals surface area contributed by atoms with Crippen LogP contribution >= 0.6 is 0 Å². The Balaban J connectivity index is 1.61. The fourth-order valence-electron chi connectivity index (χ4n) is 5.33. The highest BCUT2D eigenvalue weighted by Gasteiger charge is 2.27. The number of hydrogen-bond donors (Lipinski definition) is 2. The van der Waals surface area contributed by atoms with Gasteiger partial charge in [-0.2, -0.15) is 4.98 Å². The summed E-state index contributed by atoms with van der Waals surface area (Å²) < 4.78 is 12.6. The first-order chi connectivity index (χ1) is 21.1. The highest BCUT2D eigenvalue weighted by molar-refractivity contribution is 6.03. The Bertz CT molecular complexity index is 2000. The fraction of sp³-hybridized carbons (Fsp3) is 0.410. The van der Waals surface area contributed by atoms with Gasteiger partial charge in [-0.1, -0.05) is 101 Å². The molecule has 1 amide bonds. The van der Waals surface area contributed by atoms with Crippen LogP contribution in [-0.4, -0.2) is 10.9 Å². The van der Waals surface area contributed by atoms with E-state index in [0.717, 1.165) is 22.2 Å². The number of carbonyl (C=O) groups excluding carboxylic acids is 1. The second kappa shape index (κ2) is 11.1. The number of fused-ring (bicyclic) bond motifs is 2. The van der Waals surface area contributed by atoms with Crippen LogP contribution in [0.2, 0.25) is 0 Å². The first-order valence-electron chi connectivity index (χ1n) is 15.9. The van der Waals surface area contributed by atoms with Gasteiger partial charge in [0.2, 0.25) is 0 Å². The summed E-state index contributed by atoms with van der Waals surface area (Å²) in [5.41, 5.74) is 6.25. The number of amides is 1. The van der Waals surface area contributed by atoms with E-state index in [9.17, 15) is 9.59 Å². The monoisotopic (exact) mass is 621 g/mol. The number of aromatic nitrogens is 1. The van der Waals surface area contributed by atoms with Gasteiger partial charge >= 0.3 is 0 Å². The topological polar surface area (TPSA) is 97.4 Å². The summed E-state index contributed by atoms with van der Waals surface area (Å²) >= 11 is 0. The average Bonchev–Trinajstić information content (AvgIpc) is 3.33. The lowest BCUT2D eigenvalue weighted by atomic mass is 9.80. The van der Waals surface area contributed by atoms with E-state index in [1.54, 1.807) is 0 Å². The van der Waals surface area contributed by atoms with Crippen molar-refractivity contribution in [3.63, 3.8) is 0 Å². The third-order valence-electron chi connectivity index (χ3n) is 8.33. The molecule has 0 radical (unpaired) electrons. The van der Waals surface area contributed by atoms with Gasteiger partial charge < -0.3 is 19.5 Å². The molecule has 3 aromatic carbocycles. The summed E-state index contributed by atoms with van der Waals surface area (Å²) in [6.07, 6.45) is 0. The third-order valence-corrected chi connectivity index (χ3v) is 8.33. The lowest BCUT2D eigenvalue weighted by molar-refractivity contribution is 0.0997. The number of rotatable bonds is 4. The first-order valence-corrected chi connectivity index (χ1v) is 15.9. The van der Waals surface area contributed by atoms with Crippen molar-refractivity contribution in [2.24, 2.45) is 0 Å². The molecule has 0 atom stereocenters. The predicted molar refractivity (Wildman–Crippen MR) is 189 cm³/mol. The highest BCUT2D eigenvalue weighted by atomic mass is 16.4. The number of nitrogens with zero attached hydrogens (tertiary/aromatic N) is 1. The minimum atomic E-state index is -0.514. The highest BCUT2D eigenvalue weighted by Crippen LogP contribution is 2.38. The summed E-state index contributed by atoms with van der Waals surface area (Å²) in [5.74, 6) is -0.605. The third kappa shape index (κ3) is 6.74. The Morgan fingerprint density at radius 1 is 0.652 bits per heavy atom. The normalized spacial score (nSPS) is 13.0. The van der Waals surface area contributed by atoms with Crippen molar-refractivity contribution in [3.05, 3.63) is 92.8 Å². The van der Waals surface area contributed by atoms with Crippen molar-refractivity contribution < 1.29 is 13.6 Å². The minimum absolute atomic E-state index is 0.0130. The number of anilines is 3. The van der Waals surface area contributed by atoms with Gasteiger partial charge in [-0.15, -0.1) is 0 Å². The molecule has 2 N–H and O–H groups in total. The maximum Gasteiger partial charge on any atom is 0.300 e. The van der Waals surface area contributed by atoms with E-state index in [1.165, 1.54) is 11.6 Å². The van der Waals surface area contributed by atoms with Gasteiger partial charge in [-0.3, -0.25) is 9.59 Å². The molecule has 5 rings (SSSR count). The second-order valence-electron chi connectivity index (χ2n) is 16.4. The summed E-state index contributed by atoms with van der Waals surface area (Å²) in [7, 11) is 0. The standard InChI is InChI=1S/C39H47N3O4/c1-36(2,3)22-13-15-25(16-14-22)40-34(44)31-21-30(43)26-17-23(37(4,5)6)19-28(32(26)45-31)41-35-42-29-20-24(38(7,8)9)18-27(33(29)46-35)39(10,11)12/h13-21H,1-12H3,(H,40,44)(H,41,42). The summed E-state index contributed by atoms with van der Waals surface area (Å²) in [5, 5.41) is 6.54. The first kappa shape index (κ1) is 33.0. The van der Waals surface area contributed by atoms with Crippen molar-refractivity contribution in [3.8, 4) is 0 Å². The maximum atomic E-state index is 13.5. The van der Waals surface area contributed by atoms with Crippen LogP contribution in [0, 0.1) is 0 Å². The molecule has 0 aliphatic heterocycles. The molecule has 5 aromatic rings. The van der Waals surface area contributed by atoms with Gasteiger partial charge in [-0.25, -0.2) is 0 Å². The van der Waals surface area contributed by atoms with E-state index in [0.29, 0.717) is 22.3 Å². The minimum Gasteiger partial charge on any atom is -0.448 e. The molecule has 0 bridgehead atoms. The van der Waals surface area contributed by atoms with E-state index in [4.69, 9.17) is 13.8 Å². The van der Waals surface area contributed by atoms with Gasteiger partial charge in [0.1, 0.15) is 5.52 Å².